The molecular weight excluding hydrogens is 565 g/mol. The number of hydrogen-bond acceptors (Lipinski definition) is 6. The Bertz CT molecular complexity index is 1850. The van der Waals surface area contributed by atoms with Crippen LogP contribution in [-0.4, -0.2) is 76.4 Å². The number of likely N-dealkylation sites (tertiary alicyclic amines) is 1. The summed E-state index contributed by atoms with van der Waals surface area (Å²) in [6.45, 7) is 1.65. The molecule has 10 nitrogen and oxygen atoms in total. The first-order valence-electron chi connectivity index (χ1n) is 15.5. The molecule has 228 valence electrons. The highest BCUT2D eigenvalue weighted by Gasteiger charge is 2.32. The Kier molecular flexibility index (Phi) is 7.85. The van der Waals surface area contributed by atoms with E-state index in [0.29, 0.717) is 12.6 Å². The van der Waals surface area contributed by atoms with Gasteiger partial charge in [-0.15, -0.1) is 0 Å². The molecule has 0 aliphatic carbocycles. The maximum Gasteiger partial charge on any atom is 0.407 e. The molecule has 2 aliphatic rings. The van der Waals surface area contributed by atoms with Crippen molar-refractivity contribution in [1.29, 1.82) is 0 Å². The van der Waals surface area contributed by atoms with Crippen LogP contribution in [-0.2, 0) is 9.53 Å². The van der Waals surface area contributed by atoms with Gasteiger partial charge >= 0.3 is 6.09 Å². The largest absolute Gasteiger partial charge is 0.453 e. The highest BCUT2D eigenvalue weighted by molar-refractivity contribution is 6.04. The Labute approximate surface area is 262 Å². The van der Waals surface area contributed by atoms with E-state index in [0.717, 1.165) is 81.9 Å². The lowest BCUT2D eigenvalue weighted by Crippen LogP contribution is -2.40. The predicted molar refractivity (Wildman–Crippen MR) is 176 cm³/mol. The van der Waals surface area contributed by atoms with Gasteiger partial charge in [-0.25, -0.2) is 14.8 Å². The molecule has 2 fully saturated rings. The summed E-state index contributed by atoms with van der Waals surface area (Å²) in [6, 6.07) is 21.8. The Morgan fingerprint density at radius 3 is 2.09 bits per heavy atom. The van der Waals surface area contributed by atoms with Crippen molar-refractivity contribution < 1.29 is 14.3 Å². The summed E-state index contributed by atoms with van der Waals surface area (Å²) < 4.78 is 4.58. The molecular formula is C34H36BN7O3. The lowest BCUT2D eigenvalue weighted by atomic mass is 9.98. The molecule has 0 saturated carbocycles. The molecule has 2 amide bonds. The van der Waals surface area contributed by atoms with Crippen molar-refractivity contribution in [2.24, 2.45) is 0 Å². The topological polar surface area (TPSA) is 119 Å². The SMILES string of the molecule is BN1CCCC1c1ncc(-c2ccc(-c3ccc4cc(-c5cnc([C@@H]6CCCN6C(=O)CNC(=O)OC)[nH]5)ccc4c3)cc2)[nH]1. The second-order valence-corrected chi connectivity index (χ2v) is 11.9. The molecule has 2 aliphatic heterocycles. The van der Waals surface area contributed by atoms with Crippen molar-refractivity contribution in [3.8, 4) is 33.6 Å². The van der Waals surface area contributed by atoms with E-state index in [4.69, 9.17) is 0 Å². The summed E-state index contributed by atoms with van der Waals surface area (Å²) in [4.78, 5) is 44.6. The van der Waals surface area contributed by atoms with Gasteiger partial charge in [0.2, 0.25) is 5.91 Å². The zero-order chi connectivity index (χ0) is 30.9. The number of carbonyl (C=O) groups excluding carboxylic acids is 2. The normalized spacial score (nSPS) is 18.5. The number of alkyl carbamates (subject to hydrolysis) is 1. The molecule has 5 aromatic rings. The number of amides is 2. The average molecular weight is 602 g/mol. The van der Waals surface area contributed by atoms with Crippen LogP contribution in [0.15, 0.2) is 73.1 Å². The van der Waals surface area contributed by atoms with Gasteiger partial charge < -0.3 is 29.7 Å². The molecule has 2 atom stereocenters. The highest BCUT2D eigenvalue weighted by atomic mass is 16.5. The van der Waals surface area contributed by atoms with Crippen LogP contribution >= 0.6 is 0 Å². The number of hydrogen-bond donors (Lipinski definition) is 3. The highest BCUT2D eigenvalue weighted by Crippen LogP contribution is 2.34. The van der Waals surface area contributed by atoms with E-state index in [9.17, 15) is 9.59 Å². The van der Waals surface area contributed by atoms with E-state index in [1.807, 2.05) is 12.4 Å². The van der Waals surface area contributed by atoms with Crippen molar-refractivity contribution >= 4 is 30.8 Å². The number of carbonyl (C=O) groups is 2. The van der Waals surface area contributed by atoms with Crippen LogP contribution in [0.3, 0.4) is 0 Å². The van der Waals surface area contributed by atoms with E-state index in [2.05, 4.69) is 103 Å². The number of benzene rings is 3. The Balaban J connectivity index is 1.05. The van der Waals surface area contributed by atoms with Gasteiger partial charge in [0.25, 0.3) is 0 Å². The fourth-order valence-corrected chi connectivity index (χ4v) is 6.67. The lowest BCUT2D eigenvalue weighted by molar-refractivity contribution is -0.131. The zero-order valence-electron chi connectivity index (χ0n) is 25.5. The van der Waals surface area contributed by atoms with Gasteiger partial charge in [0, 0.05) is 12.1 Å². The Morgan fingerprint density at radius 2 is 1.40 bits per heavy atom. The minimum Gasteiger partial charge on any atom is -0.453 e. The third kappa shape index (κ3) is 5.83. The molecule has 4 heterocycles. The first-order valence-corrected chi connectivity index (χ1v) is 15.5. The van der Waals surface area contributed by atoms with Gasteiger partial charge in [-0.1, -0.05) is 48.5 Å². The van der Waals surface area contributed by atoms with Crippen LogP contribution in [0.5, 0.6) is 0 Å². The predicted octanol–water partition coefficient (Wildman–Crippen LogP) is 4.99. The maximum absolute atomic E-state index is 12.7. The minimum atomic E-state index is -0.618. The first kappa shape index (κ1) is 28.9. The van der Waals surface area contributed by atoms with Crippen molar-refractivity contribution in [2.75, 3.05) is 26.7 Å². The van der Waals surface area contributed by atoms with Crippen LogP contribution in [0.1, 0.15) is 49.4 Å². The maximum atomic E-state index is 12.7. The number of imidazole rings is 2. The van der Waals surface area contributed by atoms with Crippen LogP contribution < -0.4 is 5.32 Å². The Morgan fingerprint density at radius 1 is 0.822 bits per heavy atom. The molecule has 0 spiro atoms. The van der Waals surface area contributed by atoms with Crippen LogP contribution in [0.4, 0.5) is 4.79 Å². The van der Waals surface area contributed by atoms with Gasteiger partial charge in [0.15, 0.2) is 7.98 Å². The third-order valence-electron chi connectivity index (χ3n) is 9.17. The van der Waals surface area contributed by atoms with E-state index >= 15 is 0 Å². The van der Waals surface area contributed by atoms with E-state index < -0.39 is 6.09 Å². The standard InChI is InChI=1S/C34H36BN7O3/c1-45-34(44)38-20-31(43)41-14-2-4-29(41)32-36-19-28(40-32)26-13-12-24-16-23(10-11-25(24)17-26)21-6-8-22(9-7-21)27-18-37-33(39-27)30-5-3-15-42(30)35/h6-13,16-19,29-30H,2-5,14-15,20,35H2,1H3,(H,36,40)(H,37,39)(H,38,44)/t29-,30?/m0/s1. The molecule has 0 bridgehead atoms. The number of ether oxygens (including phenoxy) is 1. The second kappa shape index (κ2) is 12.2. The van der Waals surface area contributed by atoms with Gasteiger partial charge in [0.1, 0.15) is 18.2 Å². The quantitative estimate of drug-likeness (QED) is 0.226. The van der Waals surface area contributed by atoms with Gasteiger partial charge in [0.05, 0.1) is 43.0 Å². The first-order chi connectivity index (χ1) is 22.0. The number of aromatic amines is 2. The van der Waals surface area contributed by atoms with Gasteiger partial charge in [-0.3, -0.25) is 4.79 Å². The van der Waals surface area contributed by atoms with Crippen LogP contribution in [0.2, 0.25) is 0 Å². The summed E-state index contributed by atoms with van der Waals surface area (Å²) in [5, 5.41) is 4.77. The number of aromatic nitrogens is 4. The molecule has 3 aromatic carbocycles. The second-order valence-electron chi connectivity index (χ2n) is 11.9. The number of H-pyrrole nitrogens is 2. The van der Waals surface area contributed by atoms with Crippen molar-refractivity contribution in [2.45, 2.75) is 37.8 Å². The third-order valence-corrected chi connectivity index (χ3v) is 9.17. The molecule has 45 heavy (non-hydrogen) atoms. The smallest absolute Gasteiger partial charge is 0.407 e. The summed E-state index contributed by atoms with van der Waals surface area (Å²) in [6.07, 6.45) is 7.22. The van der Waals surface area contributed by atoms with Crippen molar-refractivity contribution in [1.82, 2.24) is 35.0 Å². The molecule has 11 heteroatoms. The van der Waals surface area contributed by atoms with Crippen molar-refractivity contribution in [3.63, 3.8) is 0 Å². The van der Waals surface area contributed by atoms with E-state index in [1.165, 1.54) is 13.5 Å². The summed E-state index contributed by atoms with van der Waals surface area (Å²) in [5.41, 5.74) is 6.44. The lowest BCUT2D eigenvalue weighted by Gasteiger charge is -2.23. The van der Waals surface area contributed by atoms with E-state index in [-0.39, 0.29) is 18.5 Å². The van der Waals surface area contributed by atoms with Gasteiger partial charge in [-0.2, -0.15) is 0 Å². The summed E-state index contributed by atoms with van der Waals surface area (Å²) >= 11 is 0. The summed E-state index contributed by atoms with van der Waals surface area (Å²) in [5.74, 6) is 1.65. The van der Waals surface area contributed by atoms with Crippen LogP contribution in [0.25, 0.3) is 44.4 Å². The minimum absolute atomic E-state index is 0.100. The molecule has 7 rings (SSSR count). The monoisotopic (exact) mass is 601 g/mol. The molecule has 1 unspecified atom stereocenters. The number of rotatable bonds is 7. The van der Waals surface area contributed by atoms with Crippen LogP contribution in [0, 0.1) is 0 Å². The Hall–Kier alpha value is -4.90. The number of nitrogens with one attached hydrogen (secondary N) is 3. The number of nitrogens with zero attached hydrogens (tertiary/aromatic N) is 4. The molecule has 0 radical (unpaired) electrons. The van der Waals surface area contributed by atoms with Crippen molar-refractivity contribution in [3.05, 3.63) is 84.7 Å². The zero-order valence-corrected chi connectivity index (χ0v) is 25.5. The summed E-state index contributed by atoms with van der Waals surface area (Å²) in [7, 11) is 3.44. The fourth-order valence-electron chi connectivity index (χ4n) is 6.67. The fraction of sp³-hybridized carbons (Fsp3) is 0.294. The molecule has 2 aromatic heterocycles. The molecule has 3 N–H and O–H groups in total. The van der Waals surface area contributed by atoms with E-state index in [1.54, 1.807) is 4.90 Å². The molecule has 2 saturated heterocycles. The number of methoxy groups -OCH3 is 1. The number of fused-ring (bicyclic) bond motifs is 1. The van der Waals surface area contributed by atoms with Gasteiger partial charge in [-0.05, 0) is 71.8 Å². The average Bonchev–Trinajstić information content (AvgIpc) is 3.90.